The molecule has 84 valence electrons. The molecule has 1 fully saturated rings. The van der Waals surface area contributed by atoms with Crippen molar-refractivity contribution in [2.45, 2.75) is 32.6 Å². The van der Waals surface area contributed by atoms with E-state index < -0.39 is 9.28 Å². The van der Waals surface area contributed by atoms with Gasteiger partial charge in [-0.15, -0.1) is 0 Å². The van der Waals surface area contributed by atoms with Gasteiger partial charge in [-0.25, -0.2) is 0 Å². The van der Waals surface area contributed by atoms with E-state index in [0.29, 0.717) is 6.61 Å². The normalized spacial score (nSPS) is 21.2. The summed E-state index contributed by atoms with van der Waals surface area (Å²) in [6.07, 6.45) is 1.06. The summed E-state index contributed by atoms with van der Waals surface area (Å²) in [4.78, 5) is 0. The summed E-state index contributed by atoms with van der Waals surface area (Å²) in [5.74, 6) is 0. The third kappa shape index (κ3) is 4.52. The van der Waals surface area contributed by atoms with Crippen LogP contribution in [0.25, 0.3) is 0 Å². The lowest BCUT2D eigenvalue weighted by atomic mass is 10.3. The first-order valence-corrected chi connectivity index (χ1v) is 7.09. The van der Waals surface area contributed by atoms with Crippen LogP contribution in [0.2, 0.25) is 6.04 Å². The van der Waals surface area contributed by atoms with Crippen molar-refractivity contribution in [3.05, 3.63) is 0 Å². The predicted molar refractivity (Wildman–Crippen MR) is 55.5 cm³/mol. The number of ether oxygens (including phenoxy) is 2. The van der Waals surface area contributed by atoms with Gasteiger partial charge in [0.25, 0.3) is 0 Å². The van der Waals surface area contributed by atoms with E-state index in [1.165, 1.54) is 0 Å². The van der Waals surface area contributed by atoms with Crippen molar-refractivity contribution < 1.29 is 18.3 Å². The van der Waals surface area contributed by atoms with E-state index in [1.807, 2.05) is 13.8 Å². The molecule has 0 aromatic heterocycles. The Labute approximate surface area is 87.3 Å². The quantitative estimate of drug-likeness (QED) is 0.573. The van der Waals surface area contributed by atoms with Gasteiger partial charge in [0.15, 0.2) is 6.29 Å². The average Bonchev–Trinajstić information content (AvgIpc) is 2.10. The first-order valence-electron chi connectivity index (χ1n) is 5.33. The Kier molecular flexibility index (Phi) is 6.38. The van der Waals surface area contributed by atoms with E-state index in [0.717, 1.165) is 32.3 Å². The van der Waals surface area contributed by atoms with Crippen LogP contribution in [0.1, 0.15) is 20.3 Å². The molecule has 0 bridgehead atoms. The number of hydrogen-bond acceptors (Lipinski definition) is 4. The molecule has 1 aliphatic heterocycles. The highest BCUT2D eigenvalue weighted by molar-refractivity contribution is 6.44. The molecule has 1 rings (SSSR count). The van der Waals surface area contributed by atoms with Crippen molar-refractivity contribution in [2.75, 3.05) is 26.4 Å². The first kappa shape index (κ1) is 12.1. The Morgan fingerprint density at radius 1 is 1.29 bits per heavy atom. The van der Waals surface area contributed by atoms with Crippen LogP contribution in [-0.2, 0) is 18.3 Å². The van der Waals surface area contributed by atoms with E-state index in [9.17, 15) is 0 Å². The van der Waals surface area contributed by atoms with E-state index in [2.05, 4.69) is 0 Å². The van der Waals surface area contributed by atoms with Crippen molar-refractivity contribution in [1.82, 2.24) is 0 Å². The maximum Gasteiger partial charge on any atom is 0.323 e. The predicted octanol–water partition coefficient (Wildman–Crippen LogP) is 1.04. The Balaban J connectivity index is 1.99. The maximum absolute atomic E-state index is 5.51. The van der Waals surface area contributed by atoms with E-state index in [4.69, 9.17) is 18.3 Å². The fraction of sp³-hybridized carbons (Fsp3) is 1.00. The van der Waals surface area contributed by atoms with Crippen LogP contribution in [0.5, 0.6) is 0 Å². The highest BCUT2D eigenvalue weighted by Gasteiger charge is 2.19. The Morgan fingerprint density at radius 3 is 2.36 bits per heavy atom. The van der Waals surface area contributed by atoms with Crippen LogP contribution in [0, 0.1) is 0 Å². The number of rotatable bonds is 8. The average molecular weight is 220 g/mol. The van der Waals surface area contributed by atoms with Crippen LogP contribution in [0.4, 0.5) is 0 Å². The molecule has 0 N–H and O–H groups in total. The Bertz CT molecular complexity index is 135. The molecule has 4 nitrogen and oxygen atoms in total. The molecule has 1 saturated heterocycles. The third-order valence-electron chi connectivity index (χ3n) is 2.02. The molecular weight excluding hydrogens is 200 g/mol. The van der Waals surface area contributed by atoms with Gasteiger partial charge in [-0.05, 0) is 13.8 Å². The second-order valence-corrected chi connectivity index (χ2v) is 5.19. The standard InChI is InChI=1S/C9H20O4Si/c1-3-12-14(13-4-2)8-7-11-9-5-6-10-9/h9,14H,3-8H2,1-2H3. The van der Waals surface area contributed by atoms with Crippen molar-refractivity contribution in [1.29, 1.82) is 0 Å². The summed E-state index contributed by atoms with van der Waals surface area (Å²) in [6.45, 7) is 6.99. The summed E-state index contributed by atoms with van der Waals surface area (Å²) in [5, 5.41) is 0. The summed E-state index contributed by atoms with van der Waals surface area (Å²) < 4.78 is 21.6. The van der Waals surface area contributed by atoms with Gasteiger partial charge in [0.1, 0.15) is 0 Å². The molecule has 0 aliphatic carbocycles. The van der Waals surface area contributed by atoms with E-state index in [1.54, 1.807) is 0 Å². The molecule has 0 amide bonds. The molecular formula is C9H20O4Si. The molecule has 0 radical (unpaired) electrons. The topological polar surface area (TPSA) is 36.9 Å². The molecule has 0 spiro atoms. The van der Waals surface area contributed by atoms with Crippen LogP contribution >= 0.6 is 0 Å². The van der Waals surface area contributed by atoms with Gasteiger partial charge in [0.2, 0.25) is 0 Å². The second-order valence-electron chi connectivity index (χ2n) is 3.09. The highest BCUT2D eigenvalue weighted by Crippen LogP contribution is 2.12. The SMILES string of the molecule is CCO[SiH](CCOC1CCO1)OCC. The minimum atomic E-state index is -1.46. The summed E-state index contributed by atoms with van der Waals surface area (Å²) in [7, 11) is -1.46. The van der Waals surface area contributed by atoms with Gasteiger partial charge in [-0.2, -0.15) is 0 Å². The lowest BCUT2D eigenvalue weighted by molar-refractivity contribution is -0.212. The van der Waals surface area contributed by atoms with Gasteiger partial charge in [0.05, 0.1) is 13.2 Å². The van der Waals surface area contributed by atoms with E-state index in [-0.39, 0.29) is 6.29 Å². The second kappa shape index (κ2) is 7.36. The zero-order chi connectivity index (χ0) is 10.2. The third-order valence-corrected chi connectivity index (χ3v) is 4.14. The number of hydrogen-bond donors (Lipinski definition) is 0. The van der Waals surface area contributed by atoms with Gasteiger partial charge >= 0.3 is 9.28 Å². The van der Waals surface area contributed by atoms with Crippen LogP contribution < -0.4 is 0 Å². The minimum Gasteiger partial charge on any atom is -0.397 e. The van der Waals surface area contributed by atoms with Crippen molar-refractivity contribution in [3.8, 4) is 0 Å². The van der Waals surface area contributed by atoms with Crippen LogP contribution in [-0.4, -0.2) is 42.0 Å². The van der Waals surface area contributed by atoms with Crippen molar-refractivity contribution in [2.24, 2.45) is 0 Å². The molecule has 0 saturated carbocycles. The van der Waals surface area contributed by atoms with Gasteiger partial charge in [-0.1, -0.05) is 0 Å². The Hall–Kier alpha value is 0.0569. The molecule has 1 unspecified atom stereocenters. The lowest BCUT2D eigenvalue weighted by Crippen LogP contribution is -2.32. The largest absolute Gasteiger partial charge is 0.397 e. The molecule has 1 heterocycles. The molecule has 14 heavy (non-hydrogen) atoms. The smallest absolute Gasteiger partial charge is 0.323 e. The van der Waals surface area contributed by atoms with Crippen molar-refractivity contribution >= 4 is 9.28 Å². The van der Waals surface area contributed by atoms with Crippen LogP contribution in [0.3, 0.4) is 0 Å². The molecule has 1 aliphatic rings. The maximum atomic E-state index is 5.51. The zero-order valence-corrected chi connectivity index (χ0v) is 10.2. The summed E-state index contributed by atoms with van der Waals surface area (Å²) in [5.41, 5.74) is 0. The first-order chi connectivity index (χ1) is 6.86. The minimum absolute atomic E-state index is 0.0351. The fourth-order valence-corrected chi connectivity index (χ4v) is 2.73. The van der Waals surface area contributed by atoms with Gasteiger partial charge < -0.3 is 18.3 Å². The summed E-state index contributed by atoms with van der Waals surface area (Å²) >= 11 is 0. The monoisotopic (exact) mass is 220 g/mol. The highest BCUT2D eigenvalue weighted by atomic mass is 28.3. The molecule has 5 heteroatoms. The zero-order valence-electron chi connectivity index (χ0n) is 9.03. The fourth-order valence-electron chi connectivity index (χ4n) is 1.23. The van der Waals surface area contributed by atoms with Crippen LogP contribution in [0.15, 0.2) is 0 Å². The molecule has 0 aromatic rings. The molecule has 1 atom stereocenters. The van der Waals surface area contributed by atoms with Gasteiger partial charge in [0, 0.05) is 25.7 Å². The van der Waals surface area contributed by atoms with Crippen molar-refractivity contribution in [3.63, 3.8) is 0 Å². The summed E-state index contributed by atoms with van der Waals surface area (Å²) in [6, 6.07) is 0.904. The van der Waals surface area contributed by atoms with E-state index >= 15 is 0 Å². The molecule has 0 aromatic carbocycles. The van der Waals surface area contributed by atoms with Gasteiger partial charge in [-0.3, -0.25) is 0 Å². The lowest BCUT2D eigenvalue weighted by Gasteiger charge is -2.26. The Morgan fingerprint density at radius 2 is 1.93 bits per heavy atom.